The van der Waals surface area contributed by atoms with Crippen molar-refractivity contribution in [3.05, 3.63) is 40.0 Å². The van der Waals surface area contributed by atoms with E-state index >= 15 is 0 Å². The molecule has 0 saturated heterocycles. The molecule has 0 aliphatic carbocycles. The second kappa shape index (κ2) is 7.62. The van der Waals surface area contributed by atoms with E-state index in [-0.39, 0.29) is 0 Å². The van der Waals surface area contributed by atoms with Crippen LogP contribution in [0.1, 0.15) is 32.4 Å². The van der Waals surface area contributed by atoms with Crippen molar-refractivity contribution in [3.8, 4) is 11.4 Å². The first kappa shape index (κ1) is 16.1. The Hall–Kier alpha value is -1.32. The minimum atomic E-state index is 0.495. The lowest BCUT2D eigenvalue weighted by Crippen LogP contribution is -2.05. The van der Waals surface area contributed by atoms with Gasteiger partial charge in [0.2, 0.25) is 0 Å². The fraction of sp³-hybridized carbons (Fsp3) is 0.375. The van der Waals surface area contributed by atoms with Crippen LogP contribution in [0.3, 0.4) is 0 Å². The van der Waals surface area contributed by atoms with Crippen LogP contribution in [0.2, 0.25) is 10.0 Å². The third-order valence-corrected chi connectivity index (χ3v) is 3.85. The molecule has 2 rings (SSSR count). The lowest BCUT2D eigenvalue weighted by atomic mass is 10.2. The number of benzene rings is 1. The zero-order valence-corrected chi connectivity index (χ0v) is 13.8. The quantitative estimate of drug-likeness (QED) is 0.791. The second-order valence-electron chi connectivity index (χ2n) is 4.85. The summed E-state index contributed by atoms with van der Waals surface area (Å²) in [7, 11) is 0. The predicted octanol–water partition coefficient (Wildman–Crippen LogP) is 5.22. The van der Waals surface area contributed by atoms with Gasteiger partial charge in [0.15, 0.2) is 5.82 Å². The molecule has 0 spiro atoms. The van der Waals surface area contributed by atoms with E-state index in [1.807, 2.05) is 18.2 Å². The van der Waals surface area contributed by atoms with Crippen molar-refractivity contribution in [2.24, 2.45) is 0 Å². The fourth-order valence-corrected chi connectivity index (χ4v) is 2.41. The first-order chi connectivity index (χ1) is 10.2. The molecule has 0 atom stereocenters. The van der Waals surface area contributed by atoms with Gasteiger partial charge in [-0.1, -0.05) is 49.5 Å². The van der Waals surface area contributed by atoms with Gasteiger partial charge in [-0.05, 0) is 25.0 Å². The normalized spacial score (nSPS) is 10.7. The number of hydrogen-bond acceptors (Lipinski definition) is 3. The van der Waals surface area contributed by atoms with Crippen LogP contribution >= 0.6 is 23.2 Å². The smallest absolute Gasteiger partial charge is 0.163 e. The first-order valence-corrected chi connectivity index (χ1v) is 7.97. The summed E-state index contributed by atoms with van der Waals surface area (Å²) in [5, 5.41) is 4.32. The number of aromatic nitrogens is 2. The molecule has 1 heterocycles. The third kappa shape index (κ3) is 4.08. The van der Waals surface area contributed by atoms with Crippen molar-refractivity contribution in [1.82, 2.24) is 9.97 Å². The Kier molecular flexibility index (Phi) is 5.83. The largest absolute Gasteiger partial charge is 0.370 e. The van der Waals surface area contributed by atoms with Crippen molar-refractivity contribution < 1.29 is 0 Å². The molecule has 1 aromatic heterocycles. The zero-order chi connectivity index (χ0) is 15.2. The first-order valence-electron chi connectivity index (χ1n) is 7.22. The predicted molar refractivity (Wildman–Crippen MR) is 90.3 cm³/mol. The molecule has 0 saturated carbocycles. The average molecular weight is 324 g/mol. The molecule has 1 aromatic carbocycles. The van der Waals surface area contributed by atoms with Gasteiger partial charge in [-0.2, -0.15) is 0 Å². The van der Waals surface area contributed by atoms with Crippen molar-refractivity contribution in [3.63, 3.8) is 0 Å². The molecule has 0 unspecified atom stereocenters. The molecule has 2 aromatic rings. The fourth-order valence-electron chi connectivity index (χ4n) is 2.02. The third-order valence-electron chi connectivity index (χ3n) is 3.03. The second-order valence-corrected chi connectivity index (χ2v) is 5.63. The van der Waals surface area contributed by atoms with E-state index < -0.39 is 0 Å². The summed E-state index contributed by atoms with van der Waals surface area (Å²) in [4.78, 5) is 9.17. The number of rotatable bonds is 6. The van der Waals surface area contributed by atoms with E-state index in [9.17, 15) is 0 Å². The molecule has 0 aliphatic heterocycles. The molecule has 0 aliphatic rings. The zero-order valence-electron chi connectivity index (χ0n) is 12.3. The van der Waals surface area contributed by atoms with E-state index in [1.54, 1.807) is 6.07 Å². The number of nitrogens with zero attached hydrogens (tertiary/aromatic N) is 2. The van der Waals surface area contributed by atoms with Crippen LogP contribution in [0.5, 0.6) is 0 Å². The highest BCUT2D eigenvalue weighted by atomic mass is 35.5. The number of anilines is 1. The van der Waals surface area contributed by atoms with Gasteiger partial charge in [0.05, 0.1) is 10.0 Å². The Bertz CT molecular complexity index is 614. The summed E-state index contributed by atoms with van der Waals surface area (Å²) in [6.07, 6.45) is 2.99. The highest BCUT2D eigenvalue weighted by Gasteiger charge is 2.12. The van der Waals surface area contributed by atoms with E-state index in [4.69, 9.17) is 23.2 Å². The van der Waals surface area contributed by atoms with Crippen LogP contribution in [0.15, 0.2) is 24.3 Å². The highest BCUT2D eigenvalue weighted by molar-refractivity contribution is 6.43. The van der Waals surface area contributed by atoms with Crippen molar-refractivity contribution in [1.29, 1.82) is 0 Å². The maximum absolute atomic E-state index is 6.28. The van der Waals surface area contributed by atoms with Crippen LogP contribution < -0.4 is 5.32 Å². The number of halogens is 2. The van der Waals surface area contributed by atoms with Crippen molar-refractivity contribution in [2.75, 3.05) is 11.9 Å². The summed E-state index contributed by atoms with van der Waals surface area (Å²) in [5.41, 5.74) is 1.78. The van der Waals surface area contributed by atoms with Gasteiger partial charge in [0, 0.05) is 23.9 Å². The van der Waals surface area contributed by atoms with Gasteiger partial charge >= 0.3 is 0 Å². The molecule has 112 valence electrons. The van der Waals surface area contributed by atoms with E-state index in [2.05, 4.69) is 29.1 Å². The number of aryl methyl sites for hydroxylation is 1. The minimum absolute atomic E-state index is 0.495. The molecular formula is C16H19Cl2N3. The highest BCUT2D eigenvalue weighted by Crippen LogP contribution is 2.32. The maximum Gasteiger partial charge on any atom is 0.163 e. The van der Waals surface area contributed by atoms with Crippen molar-refractivity contribution in [2.45, 2.75) is 33.1 Å². The molecule has 1 N–H and O–H groups in total. The average Bonchev–Trinajstić information content (AvgIpc) is 2.48. The lowest BCUT2D eigenvalue weighted by Gasteiger charge is -2.10. The summed E-state index contributed by atoms with van der Waals surface area (Å²) < 4.78 is 0. The summed E-state index contributed by atoms with van der Waals surface area (Å²) in [6.45, 7) is 5.13. The Morgan fingerprint density at radius 3 is 2.62 bits per heavy atom. The molecule has 5 heteroatoms. The molecular weight excluding hydrogens is 305 g/mol. The number of hydrogen-bond donors (Lipinski definition) is 1. The minimum Gasteiger partial charge on any atom is -0.370 e. The Labute approximate surface area is 135 Å². The van der Waals surface area contributed by atoms with Gasteiger partial charge in [0.25, 0.3) is 0 Å². The van der Waals surface area contributed by atoms with Gasteiger partial charge in [-0.3, -0.25) is 0 Å². The summed E-state index contributed by atoms with van der Waals surface area (Å²) in [6, 6.07) is 7.52. The van der Waals surface area contributed by atoms with Crippen LogP contribution in [0, 0.1) is 0 Å². The standard InChI is InChI=1S/C16H19Cl2N3/c1-3-6-11-10-14(19-9-4-2)21-16(20-11)12-7-5-8-13(17)15(12)18/h5,7-8,10H,3-4,6,9H2,1-2H3,(H,19,20,21). The lowest BCUT2D eigenvalue weighted by molar-refractivity contribution is 0.872. The van der Waals surface area contributed by atoms with Gasteiger partial charge < -0.3 is 5.32 Å². The molecule has 0 radical (unpaired) electrons. The molecule has 0 bridgehead atoms. The monoisotopic (exact) mass is 323 g/mol. The Balaban J connectivity index is 2.45. The van der Waals surface area contributed by atoms with Crippen LogP contribution in [0.4, 0.5) is 5.82 Å². The van der Waals surface area contributed by atoms with E-state index in [0.29, 0.717) is 15.9 Å². The molecule has 0 fully saturated rings. The number of nitrogens with one attached hydrogen (secondary N) is 1. The van der Waals surface area contributed by atoms with E-state index in [0.717, 1.165) is 42.9 Å². The summed E-state index contributed by atoms with van der Waals surface area (Å²) in [5.74, 6) is 1.45. The van der Waals surface area contributed by atoms with Gasteiger partial charge in [0.1, 0.15) is 5.82 Å². The SMILES string of the molecule is CCCNc1cc(CCC)nc(-c2cccc(Cl)c2Cl)n1. The van der Waals surface area contributed by atoms with E-state index in [1.165, 1.54) is 0 Å². The van der Waals surface area contributed by atoms with Crippen LogP contribution in [-0.2, 0) is 6.42 Å². The molecule has 0 amide bonds. The Morgan fingerprint density at radius 2 is 1.90 bits per heavy atom. The van der Waals surface area contributed by atoms with Crippen molar-refractivity contribution >= 4 is 29.0 Å². The Morgan fingerprint density at radius 1 is 1.10 bits per heavy atom. The van der Waals surface area contributed by atoms with Gasteiger partial charge in [-0.25, -0.2) is 9.97 Å². The molecule has 21 heavy (non-hydrogen) atoms. The van der Waals surface area contributed by atoms with Crippen LogP contribution in [0.25, 0.3) is 11.4 Å². The van der Waals surface area contributed by atoms with Gasteiger partial charge in [-0.15, -0.1) is 0 Å². The van der Waals surface area contributed by atoms with Crippen LogP contribution in [-0.4, -0.2) is 16.5 Å². The topological polar surface area (TPSA) is 37.8 Å². The maximum atomic E-state index is 6.28. The summed E-state index contributed by atoms with van der Waals surface area (Å²) >= 11 is 12.4. The molecule has 3 nitrogen and oxygen atoms in total.